The van der Waals surface area contributed by atoms with Crippen molar-refractivity contribution < 1.29 is 9.59 Å². The van der Waals surface area contributed by atoms with Crippen molar-refractivity contribution in [1.29, 1.82) is 0 Å². The summed E-state index contributed by atoms with van der Waals surface area (Å²) in [5.74, 6) is 0.113. The van der Waals surface area contributed by atoms with Crippen molar-refractivity contribution in [3.63, 3.8) is 0 Å². The van der Waals surface area contributed by atoms with Crippen LogP contribution in [0.5, 0.6) is 0 Å². The summed E-state index contributed by atoms with van der Waals surface area (Å²) in [6.45, 7) is 0.497. The standard InChI is InChI=1S/C28H35N3O2S/c32-26(18-21-19-29-25-14-6-5-13-24(21)25)31(20-23-12-9-17-34-23)28(15-7-2-8-16-28)27(33)30-22-10-3-1-4-11-22/h5-6,9,12-14,17,19,22,29H,1-4,7-8,10-11,15-16,18,20H2,(H,30,33). The molecule has 2 fully saturated rings. The summed E-state index contributed by atoms with van der Waals surface area (Å²) in [5, 5.41) is 6.53. The number of para-hydroxylation sites is 1. The Labute approximate surface area is 205 Å². The van der Waals surface area contributed by atoms with Crippen LogP contribution in [0.1, 0.15) is 74.6 Å². The molecule has 180 valence electrons. The number of rotatable bonds is 7. The first-order valence-corrected chi connectivity index (χ1v) is 13.7. The third-order valence-electron chi connectivity index (χ3n) is 7.77. The molecule has 0 radical (unpaired) electrons. The Bertz CT molecular complexity index is 1110. The van der Waals surface area contributed by atoms with E-state index >= 15 is 0 Å². The van der Waals surface area contributed by atoms with Crippen molar-refractivity contribution >= 4 is 34.1 Å². The Kier molecular flexibility index (Phi) is 7.05. The maximum atomic E-state index is 14.0. The van der Waals surface area contributed by atoms with Crippen molar-refractivity contribution in [1.82, 2.24) is 15.2 Å². The monoisotopic (exact) mass is 477 g/mol. The number of amides is 2. The van der Waals surface area contributed by atoms with Crippen LogP contribution in [0, 0.1) is 0 Å². The third-order valence-corrected chi connectivity index (χ3v) is 8.63. The zero-order valence-electron chi connectivity index (χ0n) is 19.9. The lowest BCUT2D eigenvalue weighted by atomic mass is 9.78. The van der Waals surface area contributed by atoms with Gasteiger partial charge in [0.1, 0.15) is 5.54 Å². The van der Waals surface area contributed by atoms with E-state index < -0.39 is 5.54 Å². The Balaban J connectivity index is 1.46. The SMILES string of the molecule is O=C(Cc1c[nH]c2ccccc12)N(Cc1cccs1)C1(C(=O)NC2CCCCC2)CCCCC1. The highest BCUT2D eigenvalue weighted by molar-refractivity contribution is 7.09. The van der Waals surface area contributed by atoms with E-state index in [9.17, 15) is 9.59 Å². The van der Waals surface area contributed by atoms with Crippen LogP contribution in [-0.4, -0.2) is 33.3 Å². The van der Waals surface area contributed by atoms with Gasteiger partial charge in [-0.05, 0) is 48.8 Å². The molecule has 2 aliphatic carbocycles. The molecule has 1 aromatic carbocycles. The van der Waals surface area contributed by atoms with E-state index in [0.717, 1.165) is 66.3 Å². The van der Waals surface area contributed by atoms with Crippen molar-refractivity contribution in [3.05, 3.63) is 58.4 Å². The van der Waals surface area contributed by atoms with E-state index in [1.807, 2.05) is 40.7 Å². The number of aromatic nitrogens is 1. The lowest BCUT2D eigenvalue weighted by molar-refractivity contribution is -0.151. The molecule has 0 saturated heterocycles. The predicted octanol–water partition coefficient (Wildman–Crippen LogP) is 5.95. The largest absolute Gasteiger partial charge is 0.361 e. The second kappa shape index (κ2) is 10.3. The quantitative estimate of drug-likeness (QED) is 0.441. The van der Waals surface area contributed by atoms with Gasteiger partial charge in [-0.25, -0.2) is 0 Å². The number of benzene rings is 1. The predicted molar refractivity (Wildman–Crippen MR) is 138 cm³/mol. The van der Waals surface area contributed by atoms with Crippen LogP contribution in [0.4, 0.5) is 0 Å². The van der Waals surface area contributed by atoms with Crippen LogP contribution < -0.4 is 5.32 Å². The first-order chi connectivity index (χ1) is 16.7. The number of aromatic amines is 1. The molecule has 0 bridgehead atoms. The summed E-state index contributed by atoms with van der Waals surface area (Å²) in [6.07, 6.45) is 12.5. The second-order valence-electron chi connectivity index (χ2n) is 10.00. The fourth-order valence-electron chi connectivity index (χ4n) is 5.90. The highest BCUT2D eigenvalue weighted by atomic mass is 32.1. The van der Waals surface area contributed by atoms with Gasteiger partial charge in [-0.2, -0.15) is 0 Å². The van der Waals surface area contributed by atoms with Gasteiger partial charge in [0.2, 0.25) is 11.8 Å². The molecule has 0 spiro atoms. The van der Waals surface area contributed by atoms with E-state index in [-0.39, 0.29) is 17.9 Å². The van der Waals surface area contributed by atoms with Gasteiger partial charge in [0.05, 0.1) is 13.0 Å². The summed E-state index contributed by atoms with van der Waals surface area (Å²) >= 11 is 1.66. The van der Waals surface area contributed by atoms with Crippen LogP contribution >= 0.6 is 11.3 Å². The molecule has 2 amide bonds. The Morgan fingerprint density at radius 3 is 2.53 bits per heavy atom. The van der Waals surface area contributed by atoms with Gasteiger partial charge in [0.25, 0.3) is 0 Å². The minimum absolute atomic E-state index is 0.0406. The van der Waals surface area contributed by atoms with Crippen LogP contribution in [0.3, 0.4) is 0 Å². The van der Waals surface area contributed by atoms with Gasteiger partial charge in [-0.1, -0.05) is 62.8 Å². The number of hydrogen-bond acceptors (Lipinski definition) is 3. The number of fused-ring (bicyclic) bond motifs is 1. The van der Waals surface area contributed by atoms with Crippen LogP contribution in [0.25, 0.3) is 10.9 Å². The minimum atomic E-state index is -0.761. The van der Waals surface area contributed by atoms with E-state index in [1.54, 1.807) is 11.3 Å². The topological polar surface area (TPSA) is 65.2 Å². The fourth-order valence-corrected chi connectivity index (χ4v) is 6.59. The second-order valence-corrected chi connectivity index (χ2v) is 11.0. The van der Waals surface area contributed by atoms with Crippen molar-refractivity contribution in [2.75, 3.05) is 0 Å². The molecule has 2 N–H and O–H groups in total. The lowest BCUT2D eigenvalue weighted by Crippen LogP contribution is -2.62. The molecule has 2 saturated carbocycles. The van der Waals surface area contributed by atoms with Gasteiger partial charge in [-0.3, -0.25) is 9.59 Å². The summed E-state index contributed by atoms with van der Waals surface area (Å²) in [5.41, 5.74) is 1.27. The molecule has 3 aromatic rings. The van der Waals surface area contributed by atoms with Crippen molar-refractivity contribution in [2.45, 2.75) is 88.8 Å². The number of carbonyl (C=O) groups excluding carboxylic acids is 2. The van der Waals surface area contributed by atoms with E-state index in [1.165, 1.54) is 19.3 Å². The van der Waals surface area contributed by atoms with Crippen LogP contribution in [0.15, 0.2) is 48.0 Å². The number of thiophene rings is 1. The molecule has 5 nitrogen and oxygen atoms in total. The van der Waals surface area contributed by atoms with Gasteiger partial charge in [-0.15, -0.1) is 11.3 Å². The molecule has 34 heavy (non-hydrogen) atoms. The molecule has 6 heteroatoms. The number of carbonyl (C=O) groups is 2. The van der Waals surface area contributed by atoms with Gasteiger partial charge < -0.3 is 15.2 Å². The first-order valence-electron chi connectivity index (χ1n) is 12.8. The minimum Gasteiger partial charge on any atom is -0.361 e. The number of H-pyrrole nitrogens is 1. The van der Waals surface area contributed by atoms with E-state index in [0.29, 0.717) is 13.0 Å². The zero-order chi connectivity index (χ0) is 23.4. The molecule has 2 aliphatic rings. The van der Waals surface area contributed by atoms with Gasteiger partial charge in [0.15, 0.2) is 0 Å². The normalized spacial score (nSPS) is 18.6. The number of nitrogens with one attached hydrogen (secondary N) is 2. The van der Waals surface area contributed by atoms with Crippen LogP contribution in [-0.2, 0) is 22.6 Å². The molecule has 0 atom stereocenters. The summed E-state index contributed by atoms with van der Waals surface area (Å²) < 4.78 is 0. The average Bonchev–Trinajstić information content (AvgIpc) is 3.54. The Hall–Kier alpha value is -2.60. The first kappa shape index (κ1) is 23.2. The summed E-state index contributed by atoms with van der Waals surface area (Å²) in [6, 6.07) is 12.4. The molecular formula is C28H35N3O2S. The van der Waals surface area contributed by atoms with E-state index in [4.69, 9.17) is 0 Å². The summed E-state index contributed by atoms with van der Waals surface area (Å²) in [7, 11) is 0. The zero-order valence-corrected chi connectivity index (χ0v) is 20.7. The molecule has 0 unspecified atom stereocenters. The van der Waals surface area contributed by atoms with Crippen molar-refractivity contribution in [2.24, 2.45) is 0 Å². The smallest absolute Gasteiger partial charge is 0.246 e. The van der Waals surface area contributed by atoms with Gasteiger partial charge >= 0.3 is 0 Å². The highest BCUT2D eigenvalue weighted by Crippen LogP contribution is 2.37. The molecular weight excluding hydrogens is 442 g/mol. The average molecular weight is 478 g/mol. The van der Waals surface area contributed by atoms with Crippen molar-refractivity contribution in [3.8, 4) is 0 Å². The summed E-state index contributed by atoms with van der Waals surface area (Å²) in [4.78, 5) is 34.4. The maximum absolute atomic E-state index is 14.0. The highest BCUT2D eigenvalue weighted by Gasteiger charge is 2.47. The van der Waals surface area contributed by atoms with Crippen LogP contribution in [0.2, 0.25) is 0 Å². The molecule has 5 rings (SSSR count). The number of nitrogens with zero attached hydrogens (tertiary/aromatic N) is 1. The molecule has 2 heterocycles. The maximum Gasteiger partial charge on any atom is 0.246 e. The third kappa shape index (κ3) is 4.78. The molecule has 0 aliphatic heterocycles. The van der Waals surface area contributed by atoms with E-state index in [2.05, 4.69) is 22.4 Å². The Morgan fingerprint density at radius 2 is 1.76 bits per heavy atom. The lowest BCUT2D eigenvalue weighted by Gasteiger charge is -2.46. The molecule has 2 aromatic heterocycles. The fraction of sp³-hybridized carbons (Fsp3) is 0.500. The number of hydrogen-bond donors (Lipinski definition) is 2. The Morgan fingerprint density at radius 1 is 1.00 bits per heavy atom. The van der Waals surface area contributed by atoms with Gasteiger partial charge in [0, 0.05) is 28.0 Å².